The number of aromatic amines is 1. The highest BCUT2D eigenvalue weighted by Gasteiger charge is 2.21. The molecular formula is C23H23N3O. The van der Waals surface area contributed by atoms with Crippen LogP contribution in [0.1, 0.15) is 34.4 Å². The second-order valence-electron chi connectivity index (χ2n) is 7.59. The Morgan fingerprint density at radius 2 is 2.15 bits per heavy atom. The summed E-state index contributed by atoms with van der Waals surface area (Å²) in [5.41, 5.74) is 7.32. The van der Waals surface area contributed by atoms with Gasteiger partial charge >= 0.3 is 0 Å². The third-order valence-corrected chi connectivity index (χ3v) is 5.90. The van der Waals surface area contributed by atoms with Crippen LogP contribution in [0.4, 0.5) is 0 Å². The summed E-state index contributed by atoms with van der Waals surface area (Å²) in [4.78, 5) is 6.09. The Bertz CT molecular complexity index is 1040. The Kier molecular flexibility index (Phi) is 4.10. The molecule has 3 heterocycles. The van der Waals surface area contributed by atoms with Gasteiger partial charge in [0.15, 0.2) is 0 Å². The number of benzene rings is 2. The number of H-pyrrole nitrogens is 1. The molecule has 0 atom stereocenters. The van der Waals surface area contributed by atoms with E-state index in [4.69, 9.17) is 4.74 Å². The Morgan fingerprint density at radius 3 is 3.07 bits per heavy atom. The van der Waals surface area contributed by atoms with Crippen LogP contribution >= 0.6 is 0 Å². The molecule has 0 radical (unpaired) electrons. The van der Waals surface area contributed by atoms with Gasteiger partial charge in [0, 0.05) is 42.5 Å². The number of nitriles is 1. The van der Waals surface area contributed by atoms with Gasteiger partial charge in [-0.25, -0.2) is 0 Å². The molecule has 2 aliphatic heterocycles. The highest BCUT2D eigenvalue weighted by molar-refractivity contribution is 5.86. The number of hydrogen-bond donors (Lipinski definition) is 1. The molecule has 0 amide bonds. The SMILES string of the molecule is N#Cc1ccc2[nH]c3c(c2c1)CN(CCCc1cccc2c1OCC2)CC3. The molecule has 0 aliphatic carbocycles. The standard InChI is InChI=1S/C23H23N3O/c24-14-16-6-7-21-19(13-16)20-15-26(11-8-22(20)25-21)10-2-5-17-3-1-4-18-9-12-27-23(17)18/h1,3-4,6-7,13,25H,2,5,8-12,15H2. The summed E-state index contributed by atoms with van der Waals surface area (Å²) in [6.45, 7) is 3.97. The van der Waals surface area contributed by atoms with Gasteiger partial charge in [0.25, 0.3) is 0 Å². The van der Waals surface area contributed by atoms with Crippen LogP contribution in [-0.4, -0.2) is 29.6 Å². The lowest BCUT2D eigenvalue weighted by Crippen LogP contribution is -2.31. The maximum absolute atomic E-state index is 9.20. The molecule has 3 aromatic rings. The van der Waals surface area contributed by atoms with Crippen molar-refractivity contribution < 1.29 is 4.74 Å². The maximum Gasteiger partial charge on any atom is 0.125 e. The molecule has 2 aromatic carbocycles. The van der Waals surface area contributed by atoms with Crippen LogP contribution in [0.15, 0.2) is 36.4 Å². The lowest BCUT2D eigenvalue weighted by Gasteiger charge is -2.27. The fraction of sp³-hybridized carbons (Fsp3) is 0.348. The van der Waals surface area contributed by atoms with Crippen LogP contribution in [0.3, 0.4) is 0 Å². The lowest BCUT2D eigenvalue weighted by atomic mass is 10.0. The molecule has 1 N–H and O–H groups in total. The Morgan fingerprint density at radius 1 is 1.19 bits per heavy atom. The van der Waals surface area contributed by atoms with Crippen LogP contribution in [0.2, 0.25) is 0 Å². The average Bonchev–Trinajstić information content (AvgIpc) is 3.32. The Balaban J connectivity index is 1.28. The molecule has 4 nitrogen and oxygen atoms in total. The van der Waals surface area contributed by atoms with Crippen molar-refractivity contribution in [3.63, 3.8) is 0 Å². The van der Waals surface area contributed by atoms with E-state index < -0.39 is 0 Å². The molecule has 5 rings (SSSR count). The Labute approximate surface area is 159 Å². The molecule has 2 aliphatic rings. The number of aryl methyl sites for hydroxylation is 1. The fourth-order valence-corrected chi connectivity index (χ4v) is 4.50. The second-order valence-corrected chi connectivity index (χ2v) is 7.59. The molecule has 27 heavy (non-hydrogen) atoms. The first-order valence-electron chi connectivity index (χ1n) is 9.81. The van der Waals surface area contributed by atoms with Gasteiger partial charge in [-0.2, -0.15) is 5.26 Å². The minimum atomic E-state index is 0.736. The highest BCUT2D eigenvalue weighted by atomic mass is 16.5. The minimum absolute atomic E-state index is 0.736. The number of ether oxygens (including phenoxy) is 1. The van der Waals surface area contributed by atoms with Gasteiger partial charge in [-0.3, -0.25) is 4.90 Å². The third kappa shape index (κ3) is 2.98. The molecule has 4 heteroatoms. The fourth-order valence-electron chi connectivity index (χ4n) is 4.50. The number of nitrogens with zero attached hydrogens (tertiary/aromatic N) is 2. The molecule has 0 unspecified atom stereocenters. The molecular weight excluding hydrogens is 334 g/mol. The van der Waals surface area contributed by atoms with Crippen molar-refractivity contribution in [2.45, 2.75) is 32.2 Å². The van der Waals surface area contributed by atoms with Crippen LogP contribution < -0.4 is 4.74 Å². The molecule has 0 spiro atoms. The van der Waals surface area contributed by atoms with Crippen LogP contribution in [0.25, 0.3) is 10.9 Å². The number of nitrogens with one attached hydrogen (secondary N) is 1. The van der Waals surface area contributed by atoms with E-state index in [9.17, 15) is 5.26 Å². The van der Waals surface area contributed by atoms with Crippen LogP contribution in [-0.2, 0) is 25.8 Å². The predicted octanol–water partition coefficient (Wildman–Crippen LogP) is 3.97. The molecule has 136 valence electrons. The first-order chi connectivity index (χ1) is 13.3. The van der Waals surface area contributed by atoms with Crippen LogP contribution in [0.5, 0.6) is 5.75 Å². The molecule has 0 saturated carbocycles. The monoisotopic (exact) mass is 357 g/mol. The van der Waals surface area contributed by atoms with Gasteiger partial charge in [-0.05, 0) is 54.3 Å². The van der Waals surface area contributed by atoms with Gasteiger partial charge in [0.05, 0.1) is 18.2 Å². The van der Waals surface area contributed by atoms with Crippen molar-refractivity contribution in [2.24, 2.45) is 0 Å². The summed E-state index contributed by atoms with van der Waals surface area (Å²) in [5, 5.41) is 10.4. The van der Waals surface area contributed by atoms with Crippen molar-refractivity contribution in [1.82, 2.24) is 9.88 Å². The van der Waals surface area contributed by atoms with Gasteiger partial charge < -0.3 is 9.72 Å². The normalized spacial score (nSPS) is 16.0. The topological polar surface area (TPSA) is 52.0 Å². The van der Waals surface area contributed by atoms with E-state index in [2.05, 4.69) is 34.2 Å². The van der Waals surface area contributed by atoms with E-state index in [1.807, 2.05) is 18.2 Å². The third-order valence-electron chi connectivity index (χ3n) is 5.90. The van der Waals surface area contributed by atoms with Crippen molar-refractivity contribution in [1.29, 1.82) is 5.26 Å². The van der Waals surface area contributed by atoms with Gasteiger partial charge in [0.1, 0.15) is 5.75 Å². The molecule has 0 fully saturated rings. The van der Waals surface area contributed by atoms with E-state index in [-0.39, 0.29) is 0 Å². The summed E-state index contributed by atoms with van der Waals surface area (Å²) in [6, 6.07) is 14.8. The first-order valence-corrected chi connectivity index (χ1v) is 9.81. The number of aromatic nitrogens is 1. The van der Waals surface area contributed by atoms with E-state index >= 15 is 0 Å². The lowest BCUT2D eigenvalue weighted by molar-refractivity contribution is 0.251. The van der Waals surface area contributed by atoms with Crippen molar-refractivity contribution in [3.05, 3.63) is 64.3 Å². The molecule has 0 bridgehead atoms. The summed E-state index contributed by atoms with van der Waals surface area (Å²) in [5.74, 6) is 1.14. The Hall–Kier alpha value is -2.77. The van der Waals surface area contributed by atoms with Crippen LogP contribution in [0, 0.1) is 11.3 Å². The van der Waals surface area contributed by atoms with E-state index in [0.717, 1.165) is 68.8 Å². The largest absolute Gasteiger partial charge is 0.493 e. The highest BCUT2D eigenvalue weighted by Crippen LogP contribution is 2.31. The number of para-hydroxylation sites is 1. The summed E-state index contributed by atoms with van der Waals surface area (Å²) in [6.07, 6.45) is 4.30. The molecule has 1 aromatic heterocycles. The predicted molar refractivity (Wildman–Crippen MR) is 106 cm³/mol. The summed E-state index contributed by atoms with van der Waals surface area (Å²) < 4.78 is 5.83. The van der Waals surface area contributed by atoms with E-state index in [1.54, 1.807) is 0 Å². The van der Waals surface area contributed by atoms with Gasteiger partial charge in [-0.15, -0.1) is 0 Å². The summed E-state index contributed by atoms with van der Waals surface area (Å²) in [7, 11) is 0. The summed E-state index contributed by atoms with van der Waals surface area (Å²) >= 11 is 0. The van der Waals surface area contributed by atoms with E-state index in [0.29, 0.717) is 0 Å². The van der Waals surface area contributed by atoms with E-state index in [1.165, 1.54) is 27.8 Å². The quantitative estimate of drug-likeness (QED) is 0.769. The maximum atomic E-state index is 9.20. The van der Waals surface area contributed by atoms with Crippen molar-refractivity contribution in [3.8, 4) is 11.8 Å². The zero-order valence-corrected chi connectivity index (χ0v) is 15.4. The second kappa shape index (κ2) is 6.75. The van der Waals surface area contributed by atoms with Crippen molar-refractivity contribution >= 4 is 10.9 Å². The number of hydrogen-bond acceptors (Lipinski definition) is 3. The first kappa shape index (κ1) is 16.4. The van der Waals surface area contributed by atoms with Gasteiger partial charge in [-0.1, -0.05) is 18.2 Å². The average molecular weight is 357 g/mol. The zero-order chi connectivity index (χ0) is 18.2. The zero-order valence-electron chi connectivity index (χ0n) is 15.4. The number of rotatable bonds is 4. The molecule has 0 saturated heterocycles. The number of fused-ring (bicyclic) bond motifs is 4. The van der Waals surface area contributed by atoms with Gasteiger partial charge in [0.2, 0.25) is 0 Å². The minimum Gasteiger partial charge on any atom is -0.493 e. The van der Waals surface area contributed by atoms with Crippen molar-refractivity contribution in [2.75, 3.05) is 19.7 Å². The smallest absolute Gasteiger partial charge is 0.125 e.